The maximum absolute atomic E-state index is 4.51. The Kier molecular flexibility index (Phi) is 5.36. The minimum Gasteiger partial charge on any atom is -0.327 e. The number of rotatable bonds is 7. The third-order valence-electron chi connectivity index (χ3n) is 3.66. The van der Waals surface area contributed by atoms with Crippen LogP contribution in [0.5, 0.6) is 0 Å². The fourth-order valence-corrected chi connectivity index (χ4v) is 2.48. The molecule has 0 spiro atoms. The van der Waals surface area contributed by atoms with Gasteiger partial charge in [0.1, 0.15) is 5.82 Å². The molecule has 0 amide bonds. The number of imidazole rings is 1. The van der Waals surface area contributed by atoms with Crippen LogP contribution in [0, 0.1) is 0 Å². The Morgan fingerprint density at radius 2 is 1.95 bits per heavy atom. The lowest BCUT2D eigenvalue weighted by atomic mass is 10.2. The molecule has 0 aliphatic heterocycles. The fraction of sp³-hybridized carbons (Fsp3) is 0.471. The van der Waals surface area contributed by atoms with Crippen LogP contribution in [0.25, 0.3) is 11.4 Å². The summed E-state index contributed by atoms with van der Waals surface area (Å²) in [5.41, 5.74) is 1.17. The van der Waals surface area contributed by atoms with Gasteiger partial charge in [0, 0.05) is 36.6 Å². The van der Waals surface area contributed by atoms with Gasteiger partial charge in [0.25, 0.3) is 0 Å². The number of hydrogen-bond donors (Lipinski definition) is 1. The van der Waals surface area contributed by atoms with Gasteiger partial charge in [-0.25, -0.2) is 4.98 Å². The van der Waals surface area contributed by atoms with Crippen LogP contribution in [-0.2, 0) is 0 Å². The van der Waals surface area contributed by atoms with Crippen molar-refractivity contribution in [2.45, 2.75) is 45.7 Å². The molecule has 0 aliphatic rings. The predicted molar refractivity (Wildman–Crippen MR) is 84.7 cm³/mol. The number of nitrogens with one attached hydrogen (secondary N) is 1. The first-order valence-corrected chi connectivity index (χ1v) is 7.54. The highest BCUT2D eigenvalue weighted by Gasteiger charge is 2.12. The summed E-state index contributed by atoms with van der Waals surface area (Å²) in [4.78, 5) is 4.51. The first-order chi connectivity index (χ1) is 9.72. The second kappa shape index (κ2) is 7.25. The number of nitrogens with zero attached hydrogens (tertiary/aromatic N) is 2. The molecule has 0 saturated carbocycles. The summed E-state index contributed by atoms with van der Waals surface area (Å²) in [5, 5.41) is 3.60. The average molecular weight is 271 g/mol. The molecule has 3 heteroatoms. The monoisotopic (exact) mass is 271 g/mol. The minimum atomic E-state index is 0.395. The van der Waals surface area contributed by atoms with E-state index in [1.807, 2.05) is 12.3 Å². The lowest BCUT2D eigenvalue weighted by Gasteiger charge is -2.20. The molecule has 1 aromatic heterocycles. The first kappa shape index (κ1) is 14.8. The smallest absolute Gasteiger partial charge is 0.140 e. The van der Waals surface area contributed by atoms with Crippen LogP contribution < -0.4 is 5.32 Å². The van der Waals surface area contributed by atoms with Gasteiger partial charge in [-0.05, 0) is 20.3 Å². The molecule has 2 unspecified atom stereocenters. The summed E-state index contributed by atoms with van der Waals surface area (Å²) in [6.07, 6.45) is 6.40. The molecule has 1 heterocycles. The molecule has 2 aromatic rings. The standard InChI is InChI=1S/C17H25N3/c1-4-8-14(2)19-13-15(3)20-12-11-18-17(20)16-9-6-5-7-10-16/h5-7,9-12,14-15,19H,4,8,13H2,1-3H3. The van der Waals surface area contributed by atoms with Crippen molar-refractivity contribution in [2.75, 3.05) is 6.54 Å². The van der Waals surface area contributed by atoms with E-state index in [0.29, 0.717) is 12.1 Å². The van der Waals surface area contributed by atoms with E-state index in [-0.39, 0.29) is 0 Å². The van der Waals surface area contributed by atoms with Crippen LogP contribution in [0.3, 0.4) is 0 Å². The number of aromatic nitrogens is 2. The van der Waals surface area contributed by atoms with Gasteiger partial charge < -0.3 is 9.88 Å². The zero-order valence-corrected chi connectivity index (χ0v) is 12.7. The van der Waals surface area contributed by atoms with Crippen LogP contribution in [0.15, 0.2) is 42.7 Å². The molecular weight excluding hydrogens is 246 g/mol. The van der Waals surface area contributed by atoms with Gasteiger partial charge in [0.15, 0.2) is 0 Å². The van der Waals surface area contributed by atoms with E-state index in [4.69, 9.17) is 0 Å². The molecule has 1 N–H and O–H groups in total. The molecule has 0 saturated heterocycles. The number of benzene rings is 1. The molecule has 0 radical (unpaired) electrons. The second-order valence-corrected chi connectivity index (χ2v) is 5.47. The SMILES string of the molecule is CCCC(C)NCC(C)n1ccnc1-c1ccccc1. The Balaban J connectivity index is 2.04. The summed E-state index contributed by atoms with van der Waals surface area (Å²) in [6, 6.07) is 11.3. The van der Waals surface area contributed by atoms with Gasteiger partial charge in [-0.3, -0.25) is 0 Å². The Morgan fingerprint density at radius 1 is 1.20 bits per heavy atom. The zero-order valence-electron chi connectivity index (χ0n) is 12.7. The maximum atomic E-state index is 4.51. The van der Waals surface area contributed by atoms with Crippen molar-refractivity contribution < 1.29 is 0 Å². The molecule has 3 nitrogen and oxygen atoms in total. The predicted octanol–water partition coefficient (Wildman–Crippen LogP) is 3.89. The Hall–Kier alpha value is -1.61. The van der Waals surface area contributed by atoms with Gasteiger partial charge in [-0.15, -0.1) is 0 Å². The normalized spacial score (nSPS) is 14.2. The molecule has 0 bridgehead atoms. The van der Waals surface area contributed by atoms with Crippen LogP contribution in [0.1, 0.15) is 39.7 Å². The largest absolute Gasteiger partial charge is 0.327 e. The molecular formula is C17H25N3. The van der Waals surface area contributed by atoms with Gasteiger partial charge in [-0.1, -0.05) is 43.7 Å². The summed E-state index contributed by atoms with van der Waals surface area (Å²) in [6.45, 7) is 7.68. The van der Waals surface area contributed by atoms with E-state index in [1.165, 1.54) is 18.4 Å². The van der Waals surface area contributed by atoms with Crippen molar-refractivity contribution in [1.82, 2.24) is 14.9 Å². The minimum absolute atomic E-state index is 0.395. The quantitative estimate of drug-likeness (QED) is 0.828. The highest BCUT2D eigenvalue weighted by molar-refractivity contribution is 5.55. The molecule has 20 heavy (non-hydrogen) atoms. The lowest BCUT2D eigenvalue weighted by Crippen LogP contribution is -2.31. The Labute approximate surface area is 122 Å². The van der Waals surface area contributed by atoms with E-state index in [1.54, 1.807) is 0 Å². The molecule has 0 fully saturated rings. The fourth-order valence-electron chi connectivity index (χ4n) is 2.48. The van der Waals surface area contributed by atoms with Gasteiger partial charge in [0.05, 0.1) is 0 Å². The van der Waals surface area contributed by atoms with Crippen LogP contribution >= 0.6 is 0 Å². The van der Waals surface area contributed by atoms with Crippen LogP contribution in [-0.4, -0.2) is 22.1 Å². The topological polar surface area (TPSA) is 29.9 Å². The van der Waals surface area contributed by atoms with Gasteiger partial charge >= 0.3 is 0 Å². The Bertz CT molecular complexity index is 504. The summed E-state index contributed by atoms with van der Waals surface area (Å²) < 4.78 is 2.25. The van der Waals surface area contributed by atoms with Crippen molar-refractivity contribution >= 4 is 0 Å². The molecule has 108 valence electrons. The summed E-state index contributed by atoms with van der Waals surface area (Å²) in [7, 11) is 0. The highest BCUT2D eigenvalue weighted by Crippen LogP contribution is 2.20. The molecule has 2 rings (SSSR count). The van der Waals surface area contributed by atoms with Gasteiger partial charge in [-0.2, -0.15) is 0 Å². The first-order valence-electron chi connectivity index (χ1n) is 7.54. The second-order valence-electron chi connectivity index (χ2n) is 5.47. The molecule has 2 atom stereocenters. The highest BCUT2D eigenvalue weighted by atomic mass is 15.1. The van der Waals surface area contributed by atoms with Crippen molar-refractivity contribution in [3.8, 4) is 11.4 Å². The Morgan fingerprint density at radius 3 is 2.65 bits per heavy atom. The third-order valence-corrected chi connectivity index (χ3v) is 3.66. The van der Waals surface area contributed by atoms with Crippen molar-refractivity contribution in [3.05, 3.63) is 42.7 Å². The van der Waals surface area contributed by atoms with Crippen molar-refractivity contribution in [3.63, 3.8) is 0 Å². The van der Waals surface area contributed by atoms with E-state index in [2.05, 4.69) is 66.1 Å². The number of hydrogen-bond acceptors (Lipinski definition) is 2. The average Bonchev–Trinajstić information content (AvgIpc) is 2.95. The van der Waals surface area contributed by atoms with E-state index < -0.39 is 0 Å². The van der Waals surface area contributed by atoms with Crippen molar-refractivity contribution in [1.29, 1.82) is 0 Å². The van der Waals surface area contributed by atoms with Gasteiger partial charge in [0.2, 0.25) is 0 Å². The maximum Gasteiger partial charge on any atom is 0.140 e. The zero-order chi connectivity index (χ0) is 14.4. The molecule has 0 aliphatic carbocycles. The third kappa shape index (κ3) is 3.70. The van der Waals surface area contributed by atoms with E-state index in [9.17, 15) is 0 Å². The van der Waals surface area contributed by atoms with Crippen LogP contribution in [0.4, 0.5) is 0 Å². The van der Waals surface area contributed by atoms with E-state index >= 15 is 0 Å². The summed E-state index contributed by atoms with van der Waals surface area (Å²) in [5.74, 6) is 1.04. The lowest BCUT2D eigenvalue weighted by molar-refractivity contribution is 0.437. The van der Waals surface area contributed by atoms with E-state index in [0.717, 1.165) is 12.4 Å². The van der Waals surface area contributed by atoms with Crippen molar-refractivity contribution in [2.24, 2.45) is 0 Å². The summed E-state index contributed by atoms with van der Waals surface area (Å²) >= 11 is 0. The molecule has 1 aromatic carbocycles. The van der Waals surface area contributed by atoms with Crippen LogP contribution in [0.2, 0.25) is 0 Å².